The Bertz CT molecular complexity index is 801. The Morgan fingerprint density at radius 2 is 1.88 bits per heavy atom. The van der Waals surface area contributed by atoms with Crippen LogP contribution in [0.3, 0.4) is 0 Å². The average Bonchev–Trinajstić information content (AvgIpc) is 3.36. The molecular weight excluding hydrogens is 321 g/mol. The van der Waals surface area contributed by atoms with Gasteiger partial charge in [-0.05, 0) is 49.6 Å². The maximum atomic E-state index is 13.1. The number of aryl methyl sites for hydroxylation is 1. The van der Waals surface area contributed by atoms with Gasteiger partial charge in [0.25, 0.3) is 0 Å². The number of hydrogen-bond donors (Lipinski definition) is 1. The zero-order chi connectivity index (χ0) is 18.0. The number of amides is 2. The van der Waals surface area contributed by atoms with Gasteiger partial charge in [0.2, 0.25) is 11.8 Å². The predicted molar refractivity (Wildman–Crippen MR) is 92.6 cm³/mol. The lowest BCUT2D eigenvalue weighted by molar-refractivity contribution is -0.135. The number of nitrogens with one attached hydrogen (secondary N) is 1. The second-order valence-corrected chi connectivity index (χ2v) is 6.46. The third-order valence-corrected chi connectivity index (χ3v) is 4.44. The molecule has 0 radical (unpaired) electrons. The van der Waals surface area contributed by atoms with E-state index in [0.717, 1.165) is 11.3 Å². The summed E-state index contributed by atoms with van der Waals surface area (Å²) in [6, 6.07) is 11.4. The van der Waals surface area contributed by atoms with Gasteiger partial charge in [-0.25, -0.2) is 9.37 Å². The molecular formula is C19H20FN3O2. The Balaban J connectivity index is 1.64. The molecule has 2 amide bonds. The van der Waals surface area contributed by atoms with Crippen LogP contribution >= 0.6 is 0 Å². The fraction of sp³-hybridized carbons (Fsp3) is 0.316. The quantitative estimate of drug-likeness (QED) is 0.909. The molecule has 0 saturated heterocycles. The molecule has 1 aromatic carbocycles. The molecule has 1 heterocycles. The van der Waals surface area contributed by atoms with Crippen LogP contribution in [0.5, 0.6) is 0 Å². The topological polar surface area (TPSA) is 62.3 Å². The first kappa shape index (κ1) is 17.1. The Labute approximate surface area is 145 Å². The van der Waals surface area contributed by atoms with Crippen LogP contribution in [-0.2, 0) is 15.0 Å². The van der Waals surface area contributed by atoms with Crippen molar-refractivity contribution in [1.29, 1.82) is 0 Å². The zero-order valence-corrected chi connectivity index (χ0v) is 14.3. The number of anilines is 1. The van der Waals surface area contributed by atoms with Crippen LogP contribution in [0.15, 0.2) is 42.5 Å². The summed E-state index contributed by atoms with van der Waals surface area (Å²) >= 11 is 0. The van der Waals surface area contributed by atoms with E-state index in [1.54, 1.807) is 31.3 Å². The Morgan fingerprint density at radius 1 is 1.20 bits per heavy atom. The van der Waals surface area contributed by atoms with Gasteiger partial charge in [-0.2, -0.15) is 0 Å². The molecule has 5 nitrogen and oxygen atoms in total. The average molecular weight is 341 g/mol. The van der Waals surface area contributed by atoms with E-state index in [1.165, 1.54) is 17.0 Å². The van der Waals surface area contributed by atoms with Gasteiger partial charge in [0.05, 0.1) is 12.0 Å². The van der Waals surface area contributed by atoms with Crippen LogP contribution in [0.1, 0.15) is 24.1 Å². The minimum absolute atomic E-state index is 0.0581. The van der Waals surface area contributed by atoms with Crippen molar-refractivity contribution in [2.75, 3.05) is 18.9 Å². The summed E-state index contributed by atoms with van der Waals surface area (Å²) < 4.78 is 13.1. The number of carbonyl (C=O) groups excluding carboxylic acids is 2. The van der Waals surface area contributed by atoms with Gasteiger partial charge >= 0.3 is 0 Å². The third kappa shape index (κ3) is 3.68. The number of aromatic nitrogens is 1. The molecule has 1 fully saturated rings. The third-order valence-electron chi connectivity index (χ3n) is 4.44. The first-order chi connectivity index (χ1) is 11.9. The van der Waals surface area contributed by atoms with Gasteiger partial charge in [0.1, 0.15) is 11.6 Å². The molecule has 1 N–H and O–H groups in total. The number of pyridine rings is 1. The van der Waals surface area contributed by atoms with Gasteiger partial charge in [0.15, 0.2) is 0 Å². The van der Waals surface area contributed by atoms with E-state index in [4.69, 9.17) is 0 Å². The van der Waals surface area contributed by atoms with E-state index >= 15 is 0 Å². The molecule has 1 saturated carbocycles. The summed E-state index contributed by atoms with van der Waals surface area (Å²) in [6.45, 7) is 1.78. The minimum atomic E-state index is -0.621. The molecule has 3 rings (SSSR count). The van der Waals surface area contributed by atoms with Crippen LogP contribution in [0.4, 0.5) is 10.2 Å². The molecule has 0 bridgehead atoms. The van der Waals surface area contributed by atoms with Gasteiger partial charge in [-0.15, -0.1) is 0 Å². The molecule has 1 aromatic heterocycles. The predicted octanol–water partition coefficient (Wildman–Crippen LogP) is 2.66. The molecule has 2 aromatic rings. The van der Waals surface area contributed by atoms with Gasteiger partial charge in [-0.3, -0.25) is 9.59 Å². The first-order valence-electron chi connectivity index (χ1n) is 8.16. The van der Waals surface area contributed by atoms with Crippen molar-refractivity contribution in [3.8, 4) is 0 Å². The maximum absolute atomic E-state index is 13.1. The van der Waals surface area contributed by atoms with Crippen molar-refractivity contribution in [2.24, 2.45) is 0 Å². The monoisotopic (exact) mass is 341 g/mol. The van der Waals surface area contributed by atoms with Crippen molar-refractivity contribution in [1.82, 2.24) is 9.88 Å². The largest absolute Gasteiger partial charge is 0.336 e. The van der Waals surface area contributed by atoms with Crippen molar-refractivity contribution < 1.29 is 14.0 Å². The Kier molecular flexibility index (Phi) is 4.53. The van der Waals surface area contributed by atoms with E-state index in [-0.39, 0.29) is 24.2 Å². The summed E-state index contributed by atoms with van der Waals surface area (Å²) in [6.07, 6.45) is 1.42. The number of carbonyl (C=O) groups is 2. The lowest BCUT2D eigenvalue weighted by Crippen LogP contribution is -2.41. The Morgan fingerprint density at radius 3 is 2.48 bits per heavy atom. The van der Waals surface area contributed by atoms with Crippen LogP contribution in [0.2, 0.25) is 0 Å². The van der Waals surface area contributed by atoms with Gasteiger partial charge in [0, 0.05) is 12.7 Å². The molecule has 1 aliphatic rings. The van der Waals surface area contributed by atoms with Crippen molar-refractivity contribution in [3.63, 3.8) is 0 Å². The standard InChI is InChI=1S/C19H20FN3O2/c1-13-4-3-5-16(21-13)22-17(24)12-23(2)18(25)19(10-11-19)14-6-8-15(20)9-7-14/h3-9H,10-12H2,1-2H3,(H,21,22,24). The highest BCUT2D eigenvalue weighted by molar-refractivity contribution is 5.97. The highest BCUT2D eigenvalue weighted by atomic mass is 19.1. The fourth-order valence-electron chi connectivity index (χ4n) is 2.97. The smallest absolute Gasteiger partial charge is 0.245 e. The molecule has 1 aliphatic carbocycles. The molecule has 0 unspecified atom stereocenters. The molecule has 25 heavy (non-hydrogen) atoms. The summed E-state index contributed by atoms with van der Waals surface area (Å²) in [5.41, 5.74) is 0.978. The van der Waals surface area contributed by atoms with E-state index in [9.17, 15) is 14.0 Å². The molecule has 0 atom stereocenters. The molecule has 130 valence electrons. The summed E-state index contributed by atoms with van der Waals surface area (Å²) in [5, 5.41) is 2.69. The Hall–Kier alpha value is -2.76. The van der Waals surface area contributed by atoms with Crippen molar-refractivity contribution >= 4 is 17.6 Å². The highest BCUT2D eigenvalue weighted by Gasteiger charge is 2.52. The number of halogens is 1. The number of nitrogens with zero attached hydrogens (tertiary/aromatic N) is 2. The fourth-order valence-corrected chi connectivity index (χ4v) is 2.97. The number of benzene rings is 1. The second-order valence-electron chi connectivity index (χ2n) is 6.46. The van der Waals surface area contributed by atoms with Crippen LogP contribution in [0.25, 0.3) is 0 Å². The minimum Gasteiger partial charge on any atom is -0.336 e. The van der Waals surface area contributed by atoms with Crippen LogP contribution in [-0.4, -0.2) is 35.3 Å². The molecule has 0 aliphatic heterocycles. The normalized spacial score (nSPS) is 14.7. The van der Waals surface area contributed by atoms with Crippen LogP contribution in [0, 0.1) is 12.7 Å². The SMILES string of the molecule is Cc1cccc(NC(=O)CN(C)C(=O)C2(c3ccc(F)cc3)CC2)n1. The van der Waals surface area contributed by atoms with Gasteiger partial charge < -0.3 is 10.2 Å². The number of likely N-dealkylation sites (N-methyl/N-ethyl adjacent to an activating group) is 1. The summed E-state index contributed by atoms with van der Waals surface area (Å²) in [5.74, 6) is -0.286. The number of hydrogen-bond acceptors (Lipinski definition) is 3. The van der Waals surface area contributed by atoms with E-state index in [0.29, 0.717) is 18.7 Å². The summed E-state index contributed by atoms with van der Waals surface area (Å²) in [4.78, 5) is 30.6. The van der Waals surface area contributed by atoms with E-state index in [1.807, 2.05) is 13.0 Å². The van der Waals surface area contributed by atoms with Gasteiger partial charge in [-0.1, -0.05) is 18.2 Å². The highest BCUT2D eigenvalue weighted by Crippen LogP contribution is 2.49. The van der Waals surface area contributed by atoms with E-state index < -0.39 is 5.41 Å². The van der Waals surface area contributed by atoms with Crippen molar-refractivity contribution in [3.05, 3.63) is 59.5 Å². The maximum Gasteiger partial charge on any atom is 0.245 e. The lowest BCUT2D eigenvalue weighted by Gasteiger charge is -2.23. The second kappa shape index (κ2) is 6.63. The zero-order valence-electron chi connectivity index (χ0n) is 14.3. The first-order valence-corrected chi connectivity index (χ1v) is 8.16. The van der Waals surface area contributed by atoms with Crippen molar-refractivity contribution in [2.45, 2.75) is 25.2 Å². The summed E-state index contributed by atoms with van der Waals surface area (Å²) in [7, 11) is 1.61. The number of rotatable bonds is 5. The molecule has 0 spiro atoms. The van der Waals surface area contributed by atoms with E-state index in [2.05, 4.69) is 10.3 Å². The van der Waals surface area contributed by atoms with Crippen LogP contribution < -0.4 is 5.32 Å². The lowest BCUT2D eigenvalue weighted by atomic mass is 9.94. The molecule has 6 heteroatoms.